The van der Waals surface area contributed by atoms with Crippen molar-refractivity contribution in [1.82, 2.24) is 5.32 Å². The molecule has 1 N–H and O–H groups in total. The Morgan fingerprint density at radius 1 is 1.20 bits per heavy atom. The van der Waals surface area contributed by atoms with Crippen molar-refractivity contribution in [2.75, 3.05) is 19.8 Å². The molecule has 15 heavy (non-hydrogen) atoms. The molecule has 1 heterocycles. The van der Waals surface area contributed by atoms with Gasteiger partial charge in [0.1, 0.15) is 0 Å². The molecule has 1 aliphatic heterocycles. The Morgan fingerprint density at radius 2 is 2.00 bits per heavy atom. The minimum absolute atomic E-state index is 0.714. The molecule has 1 saturated carbocycles. The maximum Gasteiger partial charge on any atom is 0.0507 e. The predicted octanol–water partition coefficient (Wildman–Crippen LogP) is 2.58. The normalized spacial score (nSPS) is 30.6. The molecule has 2 nitrogen and oxygen atoms in total. The van der Waals surface area contributed by atoms with Gasteiger partial charge in [-0.3, -0.25) is 0 Å². The number of nitrogens with one attached hydrogen (secondary N) is 1. The van der Waals surface area contributed by atoms with Gasteiger partial charge in [0.2, 0.25) is 0 Å². The largest absolute Gasteiger partial charge is 0.381 e. The summed E-state index contributed by atoms with van der Waals surface area (Å²) in [6.07, 6.45) is 8.49. The summed E-state index contributed by atoms with van der Waals surface area (Å²) in [5.41, 5.74) is 0. The summed E-state index contributed by atoms with van der Waals surface area (Å²) in [6, 6.07) is 0.714. The lowest BCUT2D eigenvalue weighted by atomic mass is 9.84. The molecule has 2 heteroatoms. The van der Waals surface area contributed by atoms with E-state index < -0.39 is 0 Å². The maximum atomic E-state index is 5.39. The fraction of sp³-hybridized carbons (Fsp3) is 1.00. The molecule has 1 aliphatic carbocycles. The lowest BCUT2D eigenvalue weighted by Crippen LogP contribution is -2.37. The van der Waals surface area contributed by atoms with Crippen LogP contribution < -0.4 is 5.32 Å². The standard InChI is InChI=1S/C13H25NO/c1-11(13-5-3-2-4-6-13)14-9-12-7-8-15-10-12/h11-14H,2-10H2,1H3/t11-,12?/m0/s1. The van der Waals surface area contributed by atoms with Crippen molar-refractivity contribution in [3.63, 3.8) is 0 Å². The van der Waals surface area contributed by atoms with Crippen LogP contribution >= 0.6 is 0 Å². The SMILES string of the molecule is C[C@H](NCC1CCOC1)C1CCCCC1. The van der Waals surface area contributed by atoms with Crippen molar-refractivity contribution in [2.24, 2.45) is 11.8 Å². The van der Waals surface area contributed by atoms with Gasteiger partial charge in [0.25, 0.3) is 0 Å². The molecule has 0 aromatic rings. The second kappa shape index (κ2) is 5.86. The third kappa shape index (κ3) is 3.46. The van der Waals surface area contributed by atoms with Crippen LogP contribution in [0, 0.1) is 11.8 Å². The van der Waals surface area contributed by atoms with Crippen molar-refractivity contribution in [1.29, 1.82) is 0 Å². The third-order valence-electron chi connectivity index (χ3n) is 4.11. The van der Waals surface area contributed by atoms with Crippen molar-refractivity contribution in [3.05, 3.63) is 0 Å². The Kier molecular flexibility index (Phi) is 4.45. The molecule has 1 saturated heterocycles. The molecule has 2 atom stereocenters. The van der Waals surface area contributed by atoms with E-state index >= 15 is 0 Å². The fourth-order valence-corrected chi connectivity index (χ4v) is 2.90. The molecule has 0 radical (unpaired) electrons. The molecule has 2 rings (SSSR count). The van der Waals surface area contributed by atoms with Gasteiger partial charge < -0.3 is 10.1 Å². The minimum atomic E-state index is 0.714. The summed E-state index contributed by atoms with van der Waals surface area (Å²) >= 11 is 0. The number of hydrogen-bond acceptors (Lipinski definition) is 2. The zero-order valence-corrected chi connectivity index (χ0v) is 10.0. The highest BCUT2D eigenvalue weighted by Crippen LogP contribution is 2.26. The smallest absolute Gasteiger partial charge is 0.0507 e. The minimum Gasteiger partial charge on any atom is -0.381 e. The number of rotatable bonds is 4. The van der Waals surface area contributed by atoms with Gasteiger partial charge in [0.05, 0.1) is 6.61 Å². The lowest BCUT2D eigenvalue weighted by molar-refractivity contribution is 0.182. The predicted molar refractivity (Wildman–Crippen MR) is 63.0 cm³/mol. The van der Waals surface area contributed by atoms with E-state index in [0.29, 0.717) is 6.04 Å². The Hall–Kier alpha value is -0.0800. The summed E-state index contributed by atoms with van der Waals surface area (Å²) in [4.78, 5) is 0. The highest BCUT2D eigenvalue weighted by Gasteiger charge is 2.21. The quantitative estimate of drug-likeness (QED) is 0.771. The molecule has 1 unspecified atom stereocenters. The Labute approximate surface area is 93.8 Å². The molecule has 0 aromatic heterocycles. The van der Waals surface area contributed by atoms with Crippen molar-refractivity contribution in [2.45, 2.75) is 51.5 Å². The topological polar surface area (TPSA) is 21.3 Å². The molecular formula is C13H25NO. The van der Waals surface area contributed by atoms with E-state index in [4.69, 9.17) is 4.74 Å². The van der Waals surface area contributed by atoms with Gasteiger partial charge in [-0.05, 0) is 38.0 Å². The average molecular weight is 211 g/mol. The van der Waals surface area contributed by atoms with Crippen LogP contribution in [-0.4, -0.2) is 25.8 Å². The van der Waals surface area contributed by atoms with Crippen molar-refractivity contribution < 1.29 is 4.74 Å². The third-order valence-corrected chi connectivity index (χ3v) is 4.11. The second-order valence-corrected chi connectivity index (χ2v) is 5.32. The number of ether oxygens (including phenoxy) is 1. The zero-order valence-electron chi connectivity index (χ0n) is 10.0. The van der Waals surface area contributed by atoms with E-state index in [2.05, 4.69) is 12.2 Å². The van der Waals surface area contributed by atoms with E-state index in [-0.39, 0.29) is 0 Å². The first kappa shape index (κ1) is 11.4. The maximum absolute atomic E-state index is 5.39. The van der Waals surface area contributed by atoms with Crippen LogP contribution in [0.1, 0.15) is 45.4 Å². The molecule has 0 amide bonds. The molecule has 0 spiro atoms. The molecule has 2 fully saturated rings. The van der Waals surface area contributed by atoms with Gasteiger partial charge in [-0.15, -0.1) is 0 Å². The average Bonchev–Trinajstić information content (AvgIpc) is 2.80. The first-order valence-corrected chi connectivity index (χ1v) is 6.67. The van der Waals surface area contributed by atoms with E-state index in [1.807, 2.05) is 0 Å². The molecule has 88 valence electrons. The molecular weight excluding hydrogens is 186 g/mol. The highest BCUT2D eigenvalue weighted by molar-refractivity contribution is 4.77. The lowest BCUT2D eigenvalue weighted by Gasteiger charge is -2.29. The first-order valence-electron chi connectivity index (χ1n) is 6.67. The van der Waals surface area contributed by atoms with E-state index in [9.17, 15) is 0 Å². The molecule has 0 bridgehead atoms. The molecule has 2 aliphatic rings. The van der Waals surface area contributed by atoms with Gasteiger partial charge in [0, 0.05) is 19.2 Å². The van der Waals surface area contributed by atoms with E-state index in [0.717, 1.165) is 31.6 Å². The van der Waals surface area contributed by atoms with Crippen molar-refractivity contribution >= 4 is 0 Å². The number of hydrogen-bond donors (Lipinski definition) is 1. The van der Waals surface area contributed by atoms with Crippen LogP contribution in [0.5, 0.6) is 0 Å². The van der Waals surface area contributed by atoms with Crippen LogP contribution in [0.4, 0.5) is 0 Å². The second-order valence-electron chi connectivity index (χ2n) is 5.32. The first-order chi connectivity index (χ1) is 7.36. The van der Waals surface area contributed by atoms with Crippen LogP contribution in [0.2, 0.25) is 0 Å². The fourth-order valence-electron chi connectivity index (χ4n) is 2.90. The van der Waals surface area contributed by atoms with Gasteiger partial charge >= 0.3 is 0 Å². The Morgan fingerprint density at radius 3 is 2.67 bits per heavy atom. The van der Waals surface area contributed by atoms with Crippen LogP contribution in [0.15, 0.2) is 0 Å². The Balaban J connectivity index is 1.64. The van der Waals surface area contributed by atoms with Crippen molar-refractivity contribution in [3.8, 4) is 0 Å². The highest BCUT2D eigenvalue weighted by atomic mass is 16.5. The van der Waals surface area contributed by atoms with E-state index in [1.54, 1.807) is 0 Å². The summed E-state index contributed by atoms with van der Waals surface area (Å²) in [5, 5.41) is 3.71. The monoisotopic (exact) mass is 211 g/mol. The molecule has 0 aromatic carbocycles. The zero-order chi connectivity index (χ0) is 10.5. The summed E-state index contributed by atoms with van der Waals surface area (Å²) in [6.45, 7) is 5.48. The van der Waals surface area contributed by atoms with Crippen LogP contribution in [0.3, 0.4) is 0 Å². The summed E-state index contributed by atoms with van der Waals surface area (Å²) in [7, 11) is 0. The van der Waals surface area contributed by atoms with Crippen LogP contribution in [0.25, 0.3) is 0 Å². The van der Waals surface area contributed by atoms with E-state index in [1.165, 1.54) is 38.5 Å². The van der Waals surface area contributed by atoms with Crippen LogP contribution in [-0.2, 0) is 4.74 Å². The van der Waals surface area contributed by atoms with Gasteiger partial charge in [-0.1, -0.05) is 19.3 Å². The summed E-state index contributed by atoms with van der Waals surface area (Å²) < 4.78 is 5.39. The Bertz CT molecular complexity index is 171. The van der Waals surface area contributed by atoms with Gasteiger partial charge in [-0.2, -0.15) is 0 Å². The van der Waals surface area contributed by atoms with Gasteiger partial charge in [-0.25, -0.2) is 0 Å². The van der Waals surface area contributed by atoms with Gasteiger partial charge in [0.15, 0.2) is 0 Å². The summed E-state index contributed by atoms with van der Waals surface area (Å²) in [5.74, 6) is 1.71.